The fourth-order valence-corrected chi connectivity index (χ4v) is 13.8. The Morgan fingerprint density at radius 1 is 0.221 bits per heavy atom. The van der Waals surface area contributed by atoms with E-state index in [1.54, 1.807) is 0 Å². The predicted molar refractivity (Wildman–Crippen MR) is 333 cm³/mol. The fourth-order valence-electron chi connectivity index (χ4n) is 13.8. The topological polar surface area (TPSA) is 3.24 Å². The van der Waals surface area contributed by atoms with Gasteiger partial charge in [-0.25, -0.2) is 0 Å². The zero-order valence-corrected chi connectivity index (χ0v) is 43.2. The monoisotopic (exact) mass is 977 g/mol. The van der Waals surface area contributed by atoms with Gasteiger partial charge in [-0.3, -0.25) is 0 Å². The molecule has 0 N–H and O–H groups in total. The summed E-state index contributed by atoms with van der Waals surface area (Å²) in [6.07, 6.45) is 0. The zero-order valence-electron chi connectivity index (χ0n) is 43.2. The normalized spacial score (nSPS) is 12.4. The molecule has 0 spiro atoms. The highest BCUT2D eigenvalue weighted by Gasteiger charge is 2.30. The van der Waals surface area contributed by atoms with Crippen molar-refractivity contribution in [2.45, 2.75) is 26.2 Å². The van der Waals surface area contributed by atoms with Gasteiger partial charge in [0.15, 0.2) is 0 Å². The SMILES string of the molecule is CC(C)(C)c1ccc2c3ccc4c5c(-c6ccccc6)c6c7ccc(N(c8ccc(-c9ccccc9)cc8)c8ccc(-c9ccccc9)cc8)c8cccc(c6c(-c6ccccc6)c5c5ccc(c6cccc1c62)c3c54)c87. The number of hydrogen-bond donors (Lipinski definition) is 0. The first-order valence-electron chi connectivity index (χ1n) is 27.1. The van der Waals surface area contributed by atoms with Crippen molar-refractivity contribution in [3.8, 4) is 44.5 Å². The van der Waals surface area contributed by atoms with E-state index in [2.05, 4.69) is 280 Å². The van der Waals surface area contributed by atoms with Crippen LogP contribution in [-0.4, -0.2) is 0 Å². The van der Waals surface area contributed by atoms with E-state index >= 15 is 0 Å². The molecule has 16 aromatic carbocycles. The van der Waals surface area contributed by atoms with Crippen molar-refractivity contribution in [3.05, 3.63) is 260 Å². The Bertz CT molecular complexity index is 4710. The average molecular weight is 978 g/mol. The number of fused-ring (bicyclic) bond motifs is 8. The lowest BCUT2D eigenvalue weighted by molar-refractivity contribution is 0.596. The van der Waals surface area contributed by atoms with Gasteiger partial charge in [-0.2, -0.15) is 0 Å². The highest BCUT2D eigenvalue weighted by Crippen LogP contribution is 2.58. The first kappa shape index (κ1) is 43.8. The molecule has 1 nitrogen and oxygen atoms in total. The van der Waals surface area contributed by atoms with Gasteiger partial charge in [0, 0.05) is 16.8 Å². The number of anilines is 3. The van der Waals surface area contributed by atoms with E-state index in [-0.39, 0.29) is 5.41 Å². The Hall–Kier alpha value is -9.56. The van der Waals surface area contributed by atoms with Gasteiger partial charge in [0.2, 0.25) is 0 Å². The predicted octanol–water partition coefficient (Wildman–Crippen LogP) is 21.8. The van der Waals surface area contributed by atoms with Crippen LogP contribution in [0.25, 0.3) is 141 Å². The summed E-state index contributed by atoms with van der Waals surface area (Å²) >= 11 is 0. The molecule has 77 heavy (non-hydrogen) atoms. The van der Waals surface area contributed by atoms with Gasteiger partial charge in [0.25, 0.3) is 0 Å². The van der Waals surface area contributed by atoms with Crippen molar-refractivity contribution >= 4 is 114 Å². The molecule has 0 aliphatic carbocycles. The molecule has 0 aromatic heterocycles. The second kappa shape index (κ2) is 16.5. The van der Waals surface area contributed by atoms with Crippen LogP contribution in [0.15, 0.2) is 255 Å². The Labute approximate surface area is 447 Å². The highest BCUT2D eigenvalue weighted by molar-refractivity contribution is 6.49. The van der Waals surface area contributed by atoms with Gasteiger partial charge < -0.3 is 4.90 Å². The maximum Gasteiger partial charge on any atom is 0.0540 e. The average Bonchev–Trinajstić information content (AvgIpc) is 3.60. The van der Waals surface area contributed by atoms with Crippen molar-refractivity contribution in [2.75, 3.05) is 4.90 Å². The van der Waals surface area contributed by atoms with E-state index < -0.39 is 0 Å². The second-order valence-corrected chi connectivity index (χ2v) is 22.2. The molecule has 0 aliphatic rings. The summed E-state index contributed by atoms with van der Waals surface area (Å²) in [5, 5.41) is 23.7. The number of rotatable bonds is 7. The number of nitrogens with zero attached hydrogens (tertiary/aromatic N) is 1. The summed E-state index contributed by atoms with van der Waals surface area (Å²) in [7, 11) is 0. The molecule has 0 unspecified atom stereocenters. The van der Waals surface area contributed by atoms with Crippen LogP contribution >= 0.6 is 0 Å². The molecule has 0 radical (unpaired) electrons. The van der Waals surface area contributed by atoms with Crippen LogP contribution in [0.5, 0.6) is 0 Å². The Morgan fingerprint density at radius 2 is 0.545 bits per heavy atom. The third-order valence-electron chi connectivity index (χ3n) is 17.0. The molecule has 0 atom stereocenters. The van der Waals surface area contributed by atoms with Crippen LogP contribution < -0.4 is 4.90 Å². The van der Waals surface area contributed by atoms with Gasteiger partial charge in [-0.1, -0.05) is 245 Å². The molecule has 360 valence electrons. The molecule has 0 aliphatic heterocycles. The minimum atomic E-state index is 0.0151. The number of benzene rings is 14. The third-order valence-corrected chi connectivity index (χ3v) is 17.0. The largest absolute Gasteiger partial charge is 0.310 e. The summed E-state index contributed by atoms with van der Waals surface area (Å²) < 4.78 is 0. The molecule has 16 rings (SSSR count). The van der Waals surface area contributed by atoms with Crippen LogP contribution in [0.4, 0.5) is 17.1 Å². The smallest absolute Gasteiger partial charge is 0.0540 e. The van der Waals surface area contributed by atoms with Crippen LogP contribution in [0.3, 0.4) is 0 Å². The van der Waals surface area contributed by atoms with Gasteiger partial charge in [-0.15, -0.1) is 0 Å². The quantitative estimate of drug-likeness (QED) is 0.114. The van der Waals surface area contributed by atoms with E-state index in [1.807, 2.05) is 0 Å². The summed E-state index contributed by atoms with van der Waals surface area (Å²) in [6.45, 7) is 7.01. The third kappa shape index (κ3) is 6.35. The van der Waals surface area contributed by atoms with E-state index in [4.69, 9.17) is 0 Å². The lowest BCUT2D eigenvalue weighted by Crippen LogP contribution is -2.11. The van der Waals surface area contributed by atoms with Gasteiger partial charge >= 0.3 is 0 Å². The Morgan fingerprint density at radius 3 is 1.04 bits per heavy atom. The zero-order chi connectivity index (χ0) is 51.1. The summed E-state index contributed by atoms with van der Waals surface area (Å²) in [6, 6.07) is 95.5. The Kier molecular flexibility index (Phi) is 9.37. The molecule has 0 fully saturated rings. The first-order chi connectivity index (χ1) is 37.9. The molecule has 16 aromatic rings. The maximum absolute atomic E-state index is 2.46. The van der Waals surface area contributed by atoms with Crippen LogP contribution in [0.2, 0.25) is 0 Å². The minimum Gasteiger partial charge on any atom is -0.310 e. The summed E-state index contributed by atoms with van der Waals surface area (Å²) in [5.74, 6) is 0. The first-order valence-corrected chi connectivity index (χ1v) is 27.1. The standard InChI is InChI=1S/C76H51N/c1-76(2,3)64-44-42-55-57-39-41-63-71-62(40-38-56(70(57)71)54-26-16-27-58(64)68(54)55)74-66(50-22-12-6-13-23-50)72-60-29-17-28-59-65(45-43-61(69(59)60)73(72)67(75(63)74)51-24-14-7-15-25-51)77(52-34-30-48(31-35-52)46-18-8-4-9-19-46)53-36-32-49(33-37-53)47-20-10-5-11-21-47/h4-45H,1-3H3. The molecule has 0 bridgehead atoms. The van der Waals surface area contributed by atoms with Crippen LogP contribution in [0, 0.1) is 0 Å². The fraction of sp³-hybridized carbons (Fsp3) is 0.0526. The molecule has 0 saturated carbocycles. The van der Waals surface area contributed by atoms with E-state index in [9.17, 15) is 0 Å². The molecule has 0 saturated heterocycles. The van der Waals surface area contributed by atoms with E-state index in [0.717, 1.165) is 17.1 Å². The summed E-state index contributed by atoms with van der Waals surface area (Å²) in [4.78, 5) is 2.46. The van der Waals surface area contributed by atoms with Crippen molar-refractivity contribution in [1.29, 1.82) is 0 Å². The molecule has 1 heteroatoms. The van der Waals surface area contributed by atoms with Gasteiger partial charge in [0.1, 0.15) is 0 Å². The Balaban J connectivity index is 1.02. The summed E-state index contributed by atoms with van der Waals surface area (Å²) in [5.41, 5.74) is 14.6. The van der Waals surface area contributed by atoms with Gasteiger partial charge in [0.05, 0.1) is 5.69 Å². The second-order valence-electron chi connectivity index (χ2n) is 22.2. The van der Waals surface area contributed by atoms with Crippen LogP contribution in [-0.2, 0) is 5.41 Å². The minimum absolute atomic E-state index is 0.0151. The lowest BCUT2D eigenvalue weighted by Gasteiger charge is -2.27. The van der Waals surface area contributed by atoms with E-state index in [0.29, 0.717) is 0 Å². The maximum atomic E-state index is 2.46. The van der Waals surface area contributed by atoms with Crippen molar-refractivity contribution < 1.29 is 0 Å². The lowest BCUT2D eigenvalue weighted by atomic mass is 9.80. The molecule has 0 amide bonds. The highest BCUT2D eigenvalue weighted by atomic mass is 15.1. The molecular formula is C76H51N. The molecular weight excluding hydrogens is 927 g/mol. The number of hydrogen-bond acceptors (Lipinski definition) is 1. The van der Waals surface area contributed by atoms with Crippen molar-refractivity contribution in [3.63, 3.8) is 0 Å². The van der Waals surface area contributed by atoms with Gasteiger partial charge in [-0.05, 0) is 177 Å². The molecule has 0 heterocycles. The van der Waals surface area contributed by atoms with Crippen molar-refractivity contribution in [1.82, 2.24) is 0 Å². The van der Waals surface area contributed by atoms with Crippen LogP contribution in [0.1, 0.15) is 26.3 Å². The van der Waals surface area contributed by atoms with Crippen molar-refractivity contribution in [2.24, 2.45) is 0 Å². The van der Waals surface area contributed by atoms with E-state index in [1.165, 1.54) is 147 Å².